The highest BCUT2D eigenvalue weighted by molar-refractivity contribution is 5.93. The lowest BCUT2D eigenvalue weighted by atomic mass is 10.1. The van der Waals surface area contributed by atoms with E-state index in [4.69, 9.17) is 9.47 Å². The zero-order valence-electron chi connectivity index (χ0n) is 21.7. The number of carboxylic acids is 1. The van der Waals surface area contributed by atoms with Crippen LogP contribution in [-0.4, -0.2) is 76.6 Å². The van der Waals surface area contributed by atoms with Crippen LogP contribution in [0.2, 0.25) is 0 Å². The molecule has 2 aliphatic rings. The Morgan fingerprint density at radius 1 is 1.19 bits per heavy atom. The van der Waals surface area contributed by atoms with E-state index in [-0.39, 0.29) is 18.4 Å². The van der Waals surface area contributed by atoms with E-state index >= 15 is 0 Å². The first-order chi connectivity index (χ1) is 16.9. The van der Waals surface area contributed by atoms with Crippen LogP contribution < -0.4 is 16.0 Å². The summed E-state index contributed by atoms with van der Waals surface area (Å²) in [6.45, 7) is 7.40. The van der Waals surface area contributed by atoms with Gasteiger partial charge in [0, 0.05) is 12.5 Å². The molecule has 1 saturated heterocycles. The molecule has 2 amide bonds. The summed E-state index contributed by atoms with van der Waals surface area (Å²) in [6.07, 6.45) is 6.54. The molecule has 2 rings (SSSR count). The smallest absolute Gasteiger partial charge is 0.408 e. The maximum absolute atomic E-state index is 12.6. The molecule has 2 fully saturated rings. The minimum Gasteiger partial charge on any atom is -0.480 e. The van der Waals surface area contributed by atoms with Gasteiger partial charge in [0.05, 0.1) is 18.8 Å². The van der Waals surface area contributed by atoms with Crippen molar-refractivity contribution in [1.29, 1.82) is 0 Å². The van der Waals surface area contributed by atoms with Gasteiger partial charge in [-0.2, -0.15) is 0 Å². The number of hydrogen-bond donors (Lipinski definition) is 5. The number of carbonyl (C=O) groups excluding carboxylic acids is 3. The molecule has 204 valence electrons. The van der Waals surface area contributed by atoms with Crippen molar-refractivity contribution in [3.63, 3.8) is 0 Å². The van der Waals surface area contributed by atoms with Crippen molar-refractivity contribution in [1.82, 2.24) is 16.0 Å². The van der Waals surface area contributed by atoms with Crippen LogP contribution in [0, 0.1) is 5.92 Å². The summed E-state index contributed by atoms with van der Waals surface area (Å²) in [5, 5.41) is 27.2. The van der Waals surface area contributed by atoms with Crippen LogP contribution in [0.4, 0.5) is 4.79 Å². The molecule has 5 N–H and O–H groups in total. The number of amides is 2. The summed E-state index contributed by atoms with van der Waals surface area (Å²) in [7, 11) is 0. The van der Waals surface area contributed by atoms with E-state index in [0.29, 0.717) is 32.2 Å². The average Bonchev–Trinajstić information content (AvgIpc) is 3.28. The van der Waals surface area contributed by atoms with Gasteiger partial charge in [-0.05, 0) is 59.8 Å². The predicted octanol–water partition coefficient (Wildman–Crippen LogP) is 1.63. The van der Waals surface area contributed by atoms with Crippen LogP contribution in [0.1, 0.15) is 72.6 Å². The summed E-state index contributed by atoms with van der Waals surface area (Å²) in [5.74, 6) is -2.04. The molecule has 0 aromatic rings. The third kappa shape index (κ3) is 9.09. The van der Waals surface area contributed by atoms with E-state index in [0.717, 1.165) is 19.3 Å². The molecule has 0 bridgehead atoms. The lowest BCUT2D eigenvalue weighted by Gasteiger charge is -2.22. The first-order valence-corrected chi connectivity index (χ1v) is 12.7. The molecule has 36 heavy (non-hydrogen) atoms. The van der Waals surface area contributed by atoms with Gasteiger partial charge < -0.3 is 35.6 Å². The number of rotatable bonds is 13. The SMILES string of the molecule is CCOC(=O)[C@@]1(NC(=O)[C@@H]2C[C@@H](O)CN2)C[C@H]1/C=C\CCCCC[C@H](NC(=O)OC(C)(C)C)C(=O)O. The molecule has 0 unspecified atom stereocenters. The molecule has 0 spiro atoms. The summed E-state index contributed by atoms with van der Waals surface area (Å²) in [6, 6.07) is -1.54. The van der Waals surface area contributed by atoms with E-state index in [9.17, 15) is 29.4 Å². The fraction of sp³-hybridized carbons (Fsp3) is 0.760. The second-order valence-electron chi connectivity index (χ2n) is 10.4. The van der Waals surface area contributed by atoms with Gasteiger partial charge >= 0.3 is 18.0 Å². The van der Waals surface area contributed by atoms with Crippen LogP contribution in [0.25, 0.3) is 0 Å². The van der Waals surface area contributed by atoms with Crippen LogP contribution in [0.15, 0.2) is 12.2 Å². The Kier molecular flexibility index (Phi) is 10.7. The van der Waals surface area contributed by atoms with E-state index in [1.54, 1.807) is 27.7 Å². The van der Waals surface area contributed by atoms with Gasteiger partial charge in [-0.1, -0.05) is 25.0 Å². The van der Waals surface area contributed by atoms with Gasteiger partial charge in [0.2, 0.25) is 5.91 Å². The summed E-state index contributed by atoms with van der Waals surface area (Å²) in [4.78, 5) is 48.4. The summed E-state index contributed by atoms with van der Waals surface area (Å²) >= 11 is 0. The minimum absolute atomic E-state index is 0.166. The number of aliphatic hydroxyl groups excluding tert-OH is 1. The Labute approximate surface area is 212 Å². The third-order valence-corrected chi connectivity index (χ3v) is 6.15. The Morgan fingerprint density at radius 3 is 2.50 bits per heavy atom. The van der Waals surface area contributed by atoms with Crippen molar-refractivity contribution < 1.29 is 38.9 Å². The first-order valence-electron chi connectivity index (χ1n) is 12.7. The molecule has 1 heterocycles. The number of aliphatic carboxylic acids is 1. The molecular weight excluding hydrogens is 470 g/mol. The highest BCUT2D eigenvalue weighted by atomic mass is 16.6. The Hall–Kier alpha value is -2.66. The molecule has 11 heteroatoms. The number of allylic oxidation sites excluding steroid dienone is 1. The molecule has 5 atom stereocenters. The van der Waals surface area contributed by atoms with Gasteiger partial charge in [0.25, 0.3) is 0 Å². The van der Waals surface area contributed by atoms with Crippen molar-refractivity contribution in [2.24, 2.45) is 5.92 Å². The molecule has 0 aromatic heterocycles. The number of hydrogen-bond acceptors (Lipinski definition) is 8. The summed E-state index contributed by atoms with van der Waals surface area (Å²) < 4.78 is 10.3. The molecule has 1 saturated carbocycles. The first kappa shape index (κ1) is 29.6. The minimum atomic E-state index is -1.10. The Bertz CT molecular complexity index is 825. The number of β-amino-alcohol motifs (C(OH)–C–C–N with tert-alkyl or cyclic N) is 1. The highest BCUT2D eigenvalue weighted by Gasteiger charge is 2.61. The molecule has 1 aliphatic heterocycles. The molecule has 1 aliphatic carbocycles. The second-order valence-corrected chi connectivity index (χ2v) is 10.4. The van der Waals surface area contributed by atoms with Gasteiger partial charge in [-0.15, -0.1) is 0 Å². The lowest BCUT2D eigenvalue weighted by molar-refractivity contribution is -0.149. The van der Waals surface area contributed by atoms with Gasteiger partial charge in [-0.25, -0.2) is 14.4 Å². The fourth-order valence-electron chi connectivity index (χ4n) is 4.19. The number of alkyl carbamates (subject to hydrolysis) is 1. The lowest BCUT2D eigenvalue weighted by Crippen LogP contribution is -2.51. The second kappa shape index (κ2) is 13.0. The molecule has 0 radical (unpaired) electrons. The largest absolute Gasteiger partial charge is 0.480 e. The van der Waals surface area contributed by atoms with E-state index in [1.165, 1.54) is 0 Å². The van der Waals surface area contributed by atoms with Gasteiger partial charge in [-0.3, -0.25) is 4.79 Å². The van der Waals surface area contributed by atoms with Crippen molar-refractivity contribution in [3.8, 4) is 0 Å². The van der Waals surface area contributed by atoms with E-state index in [2.05, 4.69) is 16.0 Å². The highest BCUT2D eigenvalue weighted by Crippen LogP contribution is 2.46. The van der Waals surface area contributed by atoms with E-state index in [1.807, 2.05) is 12.2 Å². The number of carboxylic acid groups (broad SMARTS) is 1. The monoisotopic (exact) mass is 511 g/mol. The topological polar surface area (TPSA) is 163 Å². The van der Waals surface area contributed by atoms with Crippen molar-refractivity contribution in [2.75, 3.05) is 13.2 Å². The van der Waals surface area contributed by atoms with Crippen LogP contribution in [-0.2, 0) is 23.9 Å². The van der Waals surface area contributed by atoms with Crippen molar-refractivity contribution >= 4 is 23.9 Å². The summed E-state index contributed by atoms with van der Waals surface area (Å²) in [5.41, 5.74) is -1.77. The average molecular weight is 512 g/mol. The molecule has 11 nitrogen and oxygen atoms in total. The number of carbonyl (C=O) groups is 4. The van der Waals surface area contributed by atoms with Crippen molar-refractivity contribution in [2.45, 2.75) is 102 Å². The quantitative estimate of drug-likeness (QED) is 0.140. The number of nitrogens with one attached hydrogen (secondary N) is 3. The maximum Gasteiger partial charge on any atom is 0.408 e. The standard InChI is InChI=1S/C25H41N3O8/c1-5-35-22(33)25(28-20(30)19-13-17(29)15-26-19)14-16(25)11-9-7-6-8-10-12-18(21(31)32)27-23(34)36-24(2,3)4/h9,11,16-19,26,29H,5-8,10,12-15H2,1-4H3,(H,27,34)(H,28,30)(H,31,32)/b11-9-/t16-,17-,18+,19+,25-/m1/s1. The maximum atomic E-state index is 12.6. The number of aliphatic hydroxyl groups is 1. The zero-order chi connectivity index (χ0) is 26.9. The molecule has 0 aromatic carbocycles. The predicted molar refractivity (Wildman–Crippen MR) is 131 cm³/mol. The van der Waals surface area contributed by atoms with Crippen LogP contribution >= 0.6 is 0 Å². The number of esters is 1. The van der Waals surface area contributed by atoms with Crippen molar-refractivity contribution in [3.05, 3.63) is 12.2 Å². The van der Waals surface area contributed by atoms with Crippen LogP contribution in [0.5, 0.6) is 0 Å². The Morgan fingerprint density at radius 2 is 1.92 bits per heavy atom. The van der Waals surface area contributed by atoms with E-state index < -0.39 is 47.4 Å². The fourth-order valence-corrected chi connectivity index (χ4v) is 4.19. The van der Waals surface area contributed by atoms with Gasteiger partial charge in [0.15, 0.2) is 0 Å². The number of unbranched alkanes of at least 4 members (excludes halogenated alkanes) is 3. The molecular formula is C25H41N3O8. The Balaban J connectivity index is 1.75. The number of ether oxygens (including phenoxy) is 2. The zero-order valence-corrected chi connectivity index (χ0v) is 21.7. The van der Waals surface area contributed by atoms with Gasteiger partial charge in [0.1, 0.15) is 17.2 Å². The van der Waals surface area contributed by atoms with Crippen LogP contribution in [0.3, 0.4) is 0 Å². The normalized spacial score (nSPS) is 26.3. The third-order valence-electron chi connectivity index (χ3n) is 6.15.